The Labute approximate surface area is 131 Å². The van der Waals surface area contributed by atoms with Crippen molar-refractivity contribution < 1.29 is 4.92 Å². The zero-order valence-corrected chi connectivity index (χ0v) is 12.9. The summed E-state index contributed by atoms with van der Waals surface area (Å²) in [4.78, 5) is 28.9. The first-order valence-corrected chi connectivity index (χ1v) is 7.21. The molecule has 3 rings (SSSR count). The van der Waals surface area contributed by atoms with Crippen LogP contribution < -0.4 is 11.3 Å². The Morgan fingerprint density at radius 3 is 2.68 bits per heavy atom. The van der Waals surface area contributed by atoms with Gasteiger partial charge < -0.3 is 5.73 Å². The monoisotopic (exact) mass is 322 g/mol. The maximum absolute atomic E-state index is 12.0. The fraction of sp³-hybridized carbons (Fsp3) is 0.286. The summed E-state index contributed by atoms with van der Waals surface area (Å²) in [6.07, 6.45) is 1.15. The molecule has 116 valence electrons. The highest BCUT2D eigenvalue weighted by atomic mass is 35.5. The number of halogens is 1. The minimum absolute atomic E-state index is 0.0423. The lowest BCUT2D eigenvalue weighted by molar-refractivity contribution is -0.384. The number of nitro groups is 1. The van der Waals surface area contributed by atoms with Crippen molar-refractivity contribution in [3.63, 3.8) is 0 Å². The van der Waals surface area contributed by atoms with Gasteiger partial charge in [0, 0.05) is 6.07 Å². The van der Waals surface area contributed by atoms with E-state index in [1.54, 1.807) is 0 Å². The van der Waals surface area contributed by atoms with Crippen molar-refractivity contribution >= 4 is 23.2 Å². The van der Waals surface area contributed by atoms with E-state index in [2.05, 4.69) is 9.97 Å². The van der Waals surface area contributed by atoms with Crippen LogP contribution in [0.5, 0.6) is 0 Å². The molecule has 1 aliphatic rings. The zero-order valence-electron chi connectivity index (χ0n) is 12.1. The Bertz CT molecular complexity index is 801. The number of fused-ring (bicyclic) bond motifs is 3. The normalized spacial score (nSPS) is 11.8. The molecular weight excluding hydrogens is 308 g/mol. The Kier molecular flexibility index (Phi) is 4.46. The van der Waals surface area contributed by atoms with Gasteiger partial charge in [0.15, 0.2) is 0 Å². The smallest absolute Gasteiger partial charge is 0.288 e. The molecule has 1 heterocycles. The summed E-state index contributed by atoms with van der Waals surface area (Å²) >= 11 is 5.89. The number of anilines is 1. The van der Waals surface area contributed by atoms with Crippen LogP contribution in [-0.2, 0) is 12.8 Å². The number of hydrogen-bond acceptors (Lipinski definition) is 5. The quantitative estimate of drug-likeness (QED) is 0.618. The van der Waals surface area contributed by atoms with Gasteiger partial charge in [0.25, 0.3) is 11.2 Å². The second kappa shape index (κ2) is 6.15. The first-order valence-electron chi connectivity index (χ1n) is 6.83. The second-order valence-corrected chi connectivity index (χ2v) is 4.90. The molecule has 0 aliphatic heterocycles. The summed E-state index contributed by atoms with van der Waals surface area (Å²) in [6.45, 7) is 4.00. The number of rotatable bonds is 1. The molecule has 0 amide bonds. The predicted molar refractivity (Wildman–Crippen MR) is 85.1 cm³/mol. The molecular formula is C14H15ClN4O3. The van der Waals surface area contributed by atoms with E-state index >= 15 is 0 Å². The van der Waals surface area contributed by atoms with E-state index in [0.29, 0.717) is 29.7 Å². The van der Waals surface area contributed by atoms with Gasteiger partial charge in [-0.3, -0.25) is 19.9 Å². The number of benzene rings is 1. The molecule has 0 unspecified atom stereocenters. The molecule has 0 bridgehead atoms. The van der Waals surface area contributed by atoms with Gasteiger partial charge >= 0.3 is 0 Å². The predicted octanol–water partition coefficient (Wildman–Crippen LogP) is 2.71. The van der Waals surface area contributed by atoms with Gasteiger partial charge in [-0.1, -0.05) is 25.4 Å². The lowest BCUT2D eigenvalue weighted by atomic mass is 9.89. The molecule has 0 atom stereocenters. The first kappa shape index (κ1) is 16.0. The van der Waals surface area contributed by atoms with E-state index in [-0.39, 0.29) is 16.7 Å². The molecule has 0 radical (unpaired) electrons. The second-order valence-electron chi connectivity index (χ2n) is 4.49. The number of H-pyrrole nitrogens is 1. The fourth-order valence-electron chi connectivity index (χ4n) is 2.43. The van der Waals surface area contributed by atoms with Gasteiger partial charge in [-0.2, -0.15) is 0 Å². The van der Waals surface area contributed by atoms with Crippen molar-refractivity contribution in [1.82, 2.24) is 9.97 Å². The van der Waals surface area contributed by atoms with Crippen LogP contribution in [-0.4, -0.2) is 14.9 Å². The number of aryl methyl sites for hydroxylation is 2. The molecule has 1 aromatic heterocycles. The van der Waals surface area contributed by atoms with Crippen LogP contribution in [0.2, 0.25) is 5.02 Å². The van der Waals surface area contributed by atoms with E-state index in [1.165, 1.54) is 12.1 Å². The molecule has 0 saturated heterocycles. The maximum atomic E-state index is 12.0. The first-order chi connectivity index (χ1) is 10.5. The van der Waals surface area contributed by atoms with E-state index < -0.39 is 10.5 Å². The summed E-state index contributed by atoms with van der Waals surface area (Å²) in [5, 5.41) is 11.0. The summed E-state index contributed by atoms with van der Waals surface area (Å²) in [7, 11) is 0. The van der Waals surface area contributed by atoms with E-state index in [9.17, 15) is 14.9 Å². The van der Waals surface area contributed by atoms with E-state index in [1.807, 2.05) is 13.8 Å². The van der Waals surface area contributed by atoms with Crippen LogP contribution in [0.3, 0.4) is 0 Å². The summed E-state index contributed by atoms with van der Waals surface area (Å²) in [6, 6.07) is 2.86. The number of nitrogens with one attached hydrogen (secondary N) is 1. The number of nitrogens with zero attached hydrogens (tertiary/aromatic N) is 2. The lowest BCUT2D eigenvalue weighted by Gasteiger charge is -2.18. The van der Waals surface area contributed by atoms with Crippen molar-refractivity contribution in [2.24, 2.45) is 0 Å². The molecule has 1 aromatic carbocycles. The minimum atomic E-state index is -0.574. The van der Waals surface area contributed by atoms with Crippen LogP contribution in [0.4, 0.5) is 11.6 Å². The fourth-order valence-corrected chi connectivity index (χ4v) is 2.69. The number of nitrogen functional groups attached to an aromatic ring is 1. The Balaban J connectivity index is 0.000000847. The topological polar surface area (TPSA) is 115 Å². The molecule has 22 heavy (non-hydrogen) atoms. The van der Waals surface area contributed by atoms with Crippen LogP contribution in [0.1, 0.15) is 25.1 Å². The average Bonchev–Trinajstić information content (AvgIpc) is 2.47. The van der Waals surface area contributed by atoms with Crippen LogP contribution >= 0.6 is 11.6 Å². The maximum Gasteiger partial charge on any atom is 0.288 e. The highest BCUT2D eigenvalue weighted by Crippen LogP contribution is 2.37. The number of nitro benzene ring substituents is 1. The van der Waals surface area contributed by atoms with E-state index in [0.717, 1.165) is 5.56 Å². The largest absolute Gasteiger partial charge is 0.369 e. The van der Waals surface area contributed by atoms with Gasteiger partial charge in [0.1, 0.15) is 5.02 Å². The van der Waals surface area contributed by atoms with Gasteiger partial charge in [0.2, 0.25) is 5.95 Å². The number of aromatic amines is 1. The van der Waals surface area contributed by atoms with Crippen molar-refractivity contribution in [3.05, 3.63) is 48.9 Å². The molecule has 2 aromatic rings. The third-order valence-electron chi connectivity index (χ3n) is 3.28. The summed E-state index contributed by atoms with van der Waals surface area (Å²) in [5.41, 5.74) is 7.06. The van der Waals surface area contributed by atoms with Crippen LogP contribution in [0, 0.1) is 10.1 Å². The van der Waals surface area contributed by atoms with Gasteiger partial charge in [0.05, 0.1) is 16.2 Å². The average molecular weight is 323 g/mol. The van der Waals surface area contributed by atoms with Crippen molar-refractivity contribution in [1.29, 1.82) is 0 Å². The number of hydrogen-bond donors (Lipinski definition) is 2. The Morgan fingerprint density at radius 2 is 2.05 bits per heavy atom. The molecule has 3 N–H and O–H groups in total. The van der Waals surface area contributed by atoms with E-state index in [4.69, 9.17) is 17.3 Å². The molecule has 0 spiro atoms. The molecule has 0 saturated carbocycles. The van der Waals surface area contributed by atoms with Crippen molar-refractivity contribution in [3.8, 4) is 11.1 Å². The highest BCUT2D eigenvalue weighted by Gasteiger charge is 2.25. The molecule has 1 aliphatic carbocycles. The Morgan fingerprint density at radius 1 is 1.36 bits per heavy atom. The minimum Gasteiger partial charge on any atom is -0.369 e. The summed E-state index contributed by atoms with van der Waals surface area (Å²) < 4.78 is 0. The molecule has 8 heteroatoms. The van der Waals surface area contributed by atoms with Crippen LogP contribution in [0.15, 0.2) is 16.9 Å². The number of aromatic nitrogens is 2. The lowest BCUT2D eigenvalue weighted by Crippen LogP contribution is -2.20. The molecule has 0 fully saturated rings. The zero-order chi connectivity index (χ0) is 16.4. The SMILES string of the molecule is CC.Nc1nc2c(c(=O)[nH]1)-c1cc([N+](=O)[O-])c(Cl)cc1CC2. The summed E-state index contributed by atoms with van der Waals surface area (Å²) in [5.74, 6) is 0.0423. The number of nitrogens with two attached hydrogens (primary N) is 1. The Hall–Kier alpha value is -2.41. The third kappa shape index (κ3) is 2.67. The van der Waals surface area contributed by atoms with Crippen LogP contribution in [0.25, 0.3) is 11.1 Å². The van der Waals surface area contributed by atoms with Gasteiger partial charge in [-0.25, -0.2) is 4.98 Å². The van der Waals surface area contributed by atoms with Crippen molar-refractivity contribution in [2.75, 3.05) is 5.73 Å². The standard InChI is InChI=1S/C12H9ClN4O3.C2H6/c13-7-3-5-1-2-8-10(11(18)16-12(14)15-8)6(5)4-9(7)17(19)20;1-2/h3-4H,1-2H2,(H3,14,15,16,18);1-2H3. The molecule has 7 nitrogen and oxygen atoms in total. The van der Waals surface area contributed by atoms with Crippen molar-refractivity contribution in [2.45, 2.75) is 26.7 Å². The van der Waals surface area contributed by atoms with Gasteiger partial charge in [-0.15, -0.1) is 0 Å². The third-order valence-corrected chi connectivity index (χ3v) is 3.59. The van der Waals surface area contributed by atoms with Gasteiger partial charge in [-0.05, 0) is 30.0 Å². The highest BCUT2D eigenvalue weighted by molar-refractivity contribution is 6.32.